The van der Waals surface area contributed by atoms with Crippen LogP contribution in [0.3, 0.4) is 0 Å². The van der Waals surface area contributed by atoms with Crippen molar-refractivity contribution in [1.82, 2.24) is 9.88 Å². The van der Waals surface area contributed by atoms with Crippen molar-refractivity contribution in [3.8, 4) is 0 Å². The summed E-state index contributed by atoms with van der Waals surface area (Å²) in [6, 6.07) is 8.75. The van der Waals surface area contributed by atoms with Gasteiger partial charge in [-0.15, -0.1) is 0 Å². The lowest BCUT2D eigenvalue weighted by Gasteiger charge is -2.35. The topological polar surface area (TPSA) is 73.4 Å². The van der Waals surface area contributed by atoms with E-state index in [0.29, 0.717) is 24.2 Å². The van der Waals surface area contributed by atoms with Crippen LogP contribution in [0.2, 0.25) is 0 Å². The first-order chi connectivity index (χ1) is 11.1. The zero-order valence-electron chi connectivity index (χ0n) is 12.9. The molecule has 2 fully saturated rings. The van der Waals surface area contributed by atoms with Crippen LogP contribution >= 0.6 is 0 Å². The Kier molecular flexibility index (Phi) is 3.27. The van der Waals surface area contributed by atoms with E-state index in [1.54, 1.807) is 11.0 Å². The minimum atomic E-state index is -0.560. The van der Waals surface area contributed by atoms with Crippen molar-refractivity contribution in [2.75, 3.05) is 13.1 Å². The molecular formula is C18H20N2O3. The average Bonchev–Trinajstić information content (AvgIpc) is 3.32. The number of benzene rings is 1. The van der Waals surface area contributed by atoms with Gasteiger partial charge < -0.3 is 15.0 Å². The van der Waals surface area contributed by atoms with Crippen LogP contribution in [0.5, 0.6) is 0 Å². The summed E-state index contributed by atoms with van der Waals surface area (Å²) in [4.78, 5) is 29.4. The summed E-state index contributed by atoms with van der Waals surface area (Å²) in [6.07, 6.45) is 3.55. The number of para-hydroxylation sites is 1. The molecule has 2 heterocycles. The van der Waals surface area contributed by atoms with Crippen LogP contribution in [0.4, 0.5) is 0 Å². The Morgan fingerprint density at radius 1 is 1.30 bits per heavy atom. The quantitative estimate of drug-likeness (QED) is 0.889. The van der Waals surface area contributed by atoms with Crippen molar-refractivity contribution in [2.45, 2.75) is 31.3 Å². The van der Waals surface area contributed by atoms with Crippen LogP contribution in [-0.2, 0) is 0 Å². The fraction of sp³-hybridized carbons (Fsp3) is 0.444. The number of nitrogens with one attached hydrogen (secondary N) is 1. The molecule has 1 saturated carbocycles. The second-order valence-electron chi connectivity index (χ2n) is 6.79. The number of carbonyl (C=O) groups excluding carboxylic acids is 1. The van der Waals surface area contributed by atoms with E-state index in [-0.39, 0.29) is 17.4 Å². The zero-order valence-corrected chi connectivity index (χ0v) is 12.9. The van der Waals surface area contributed by atoms with Gasteiger partial charge in [0, 0.05) is 36.0 Å². The van der Waals surface area contributed by atoms with E-state index in [9.17, 15) is 14.7 Å². The standard InChI is InChI=1S/C18H20N2O3/c21-16-10-14(13-5-1-2-6-15(13)19-16)17(22)20-9-3-4-12(11-20)18(23)7-8-18/h1-2,5-6,10,12,23H,3-4,7-9,11H2,(H,19,21). The number of likely N-dealkylation sites (tertiary alicyclic amines) is 1. The van der Waals surface area contributed by atoms with E-state index in [1.807, 2.05) is 18.2 Å². The summed E-state index contributed by atoms with van der Waals surface area (Å²) in [7, 11) is 0. The molecule has 1 aromatic heterocycles. The van der Waals surface area contributed by atoms with E-state index < -0.39 is 5.60 Å². The first kappa shape index (κ1) is 14.5. The molecule has 2 aliphatic rings. The van der Waals surface area contributed by atoms with Crippen LogP contribution in [0.15, 0.2) is 35.1 Å². The molecule has 1 atom stereocenters. The Morgan fingerprint density at radius 2 is 2.09 bits per heavy atom. The summed E-state index contributed by atoms with van der Waals surface area (Å²) < 4.78 is 0. The highest BCUT2D eigenvalue weighted by Gasteiger charge is 2.49. The monoisotopic (exact) mass is 312 g/mol. The van der Waals surface area contributed by atoms with Crippen molar-refractivity contribution in [2.24, 2.45) is 5.92 Å². The van der Waals surface area contributed by atoms with E-state index >= 15 is 0 Å². The Bertz CT molecular complexity index is 822. The molecular weight excluding hydrogens is 292 g/mol. The largest absolute Gasteiger partial charge is 0.390 e. The van der Waals surface area contributed by atoms with Crippen molar-refractivity contribution in [3.05, 3.63) is 46.2 Å². The minimum absolute atomic E-state index is 0.110. The van der Waals surface area contributed by atoms with Crippen LogP contribution < -0.4 is 5.56 Å². The molecule has 5 heteroatoms. The maximum absolute atomic E-state index is 13.0. The molecule has 120 valence electrons. The van der Waals surface area contributed by atoms with Crippen molar-refractivity contribution >= 4 is 16.8 Å². The van der Waals surface area contributed by atoms with Gasteiger partial charge in [0.2, 0.25) is 5.56 Å². The molecule has 4 rings (SSSR count). The predicted molar refractivity (Wildman–Crippen MR) is 87.4 cm³/mol. The molecule has 5 nitrogen and oxygen atoms in total. The maximum atomic E-state index is 13.0. The highest BCUT2D eigenvalue weighted by molar-refractivity contribution is 6.05. The van der Waals surface area contributed by atoms with Gasteiger partial charge >= 0.3 is 0 Å². The molecule has 0 spiro atoms. The maximum Gasteiger partial charge on any atom is 0.254 e. The number of H-pyrrole nitrogens is 1. The molecule has 0 bridgehead atoms. The number of piperidine rings is 1. The van der Waals surface area contributed by atoms with Crippen molar-refractivity contribution < 1.29 is 9.90 Å². The van der Waals surface area contributed by atoms with Crippen LogP contribution in [0, 0.1) is 5.92 Å². The van der Waals surface area contributed by atoms with Gasteiger partial charge in [0.15, 0.2) is 0 Å². The normalized spacial score (nSPS) is 23.0. The highest BCUT2D eigenvalue weighted by Crippen LogP contribution is 2.45. The summed E-state index contributed by atoms with van der Waals surface area (Å²) in [6.45, 7) is 1.27. The Labute approximate surface area is 133 Å². The molecule has 2 N–H and O–H groups in total. The number of fused-ring (bicyclic) bond motifs is 1. The number of aromatic nitrogens is 1. The highest BCUT2D eigenvalue weighted by atomic mass is 16.3. The number of amides is 1. The second-order valence-corrected chi connectivity index (χ2v) is 6.79. The molecule has 0 radical (unpaired) electrons. The smallest absolute Gasteiger partial charge is 0.254 e. The van der Waals surface area contributed by atoms with Crippen molar-refractivity contribution in [3.63, 3.8) is 0 Å². The fourth-order valence-electron chi connectivity index (χ4n) is 3.69. The van der Waals surface area contributed by atoms with E-state index in [2.05, 4.69) is 4.98 Å². The number of hydrogen-bond acceptors (Lipinski definition) is 3. The molecule has 1 aliphatic heterocycles. The fourth-order valence-corrected chi connectivity index (χ4v) is 3.69. The van der Waals surface area contributed by atoms with Gasteiger partial charge in [-0.1, -0.05) is 18.2 Å². The van der Waals surface area contributed by atoms with Gasteiger partial charge in [-0.2, -0.15) is 0 Å². The predicted octanol–water partition coefficient (Wildman–Crippen LogP) is 1.91. The Balaban J connectivity index is 1.67. The number of aromatic amines is 1. The van der Waals surface area contributed by atoms with Gasteiger partial charge in [-0.3, -0.25) is 9.59 Å². The number of aliphatic hydroxyl groups is 1. The summed E-state index contributed by atoms with van der Waals surface area (Å²) in [5.74, 6) is 0.0507. The molecule has 2 aromatic rings. The first-order valence-electron chi connectivity index (χ1n) is 8.20. The molecule has 1 aromatic carbocycles. The van der Waals surface area contributed by atoms with Crippen LogP contribution in [-0.4, -0.2) is 39.6 Å². The van der Waals surface area contributed by atoms with Gasteiger partial charge in [0.1, 0.15) is 0 Å². The molecule has 1 amide bonds. The Morgan fingerprint density at radius 3 is 2.87 bits per heavy atom. The van der Waals surface area contributed by atoms with Crippen LogP contribution in [0.1, 0.15) is 36.0 Å². The Hall–Kier alpha value is -2.14. The lowest BCUT2D eigenvalue weighted by atomic mass is 9.90. The number of pyridine rings is 1. The lowest BCUT2D eigenvalue weighted by molar-refractivity contribution is 0.0283. The number of carbonyl (C=O) groups is 1. The van der Waals surface area contributed by atoms with Crippen molar-refractivity contribution in [1.29, 1.82) is 0 Å². The van der Waals surface area contributed by atoms with Gasteiger partial charge in [0.25, 0.3) is 5.91 Å². The molecule has 1 unspecified atom stereocenters. The third-order valence-corrected chi connectivity index (χ3v) is 5.21. The summed E-state index contributed by atoms with van der Waals surface area (Å²) in [5, 5.41) is 11.1. The zero-order chi connectivity index (χ0) is 16.0. The van der Waals surface area contributed by atoms with Gasteiger partial charge in [0.05, 0.1) is 11.2 Å². The average molecular weight is 312 g/mol. The number of hydrogen-bond donors (Lipinski definition) is 2. The third kappa shape index (κ3) is 2.55. The lowest BCUT2D eigenvalue weighted by Crippen LogP contribution is -2.44. The molecule has 1 aliphatic carbocycles. The van der Waals surface area contributed by atoms with Gasteiger partial charge in [-0.05, 0) is 31.7 Å². The first-order valence-corrected chi connectivity index (χ1v) is 8.20. The molecule has 1 saturated heterocycles. The van der Waals surface area contributed by atoms with Gasteiger partial charge in [-0.25, -0.2) is 0 Å². The number of nitrogens with zero attached hydrogens (tertiary/aromatic N) is 1. The summed E-state index contributed by atoms with van der Waals surface area (Å²) >= 11 is 0. The van der Waals surface area contributed by atoms with E-state index in [1.165, 1.54) is 6.07 Å². The molecule has 23 heavy (non-hydrogen) atoms. The third-order valence-electron chi connectivity index (χ3n) is 5.21. The van der Waals surface area contributed by atoms with Crippen LogP contribution in [0.25, 0.3) is 10.9 Å². The minimum Gasteiger partial charge on any atom is -0.390 e. The summed E-state index contributed by atoms with van der Waals surface area (Å²) in [5.41, 5.74) is 0.307. The second kappa shape index (κ2) is 5.20. The van der Waals surface area contributed by atoms with E-state index in [4.69, 9.17) is 0 Å². The SMILES string of the molecule is O=C(c1cc(=O)[nH]c2ccccc12)N1CCCC(C2(O)CC2)C1. The number of rotatable bonds is 2. The van der Waals surface area contributed by atoms with E-state index in [0.717, 1.165) is 31.1 Å².